The van der Waals surface area contributed by atoms with E-state index in [4.69, 9.17) is 4.74 Å². The molecule has 120 valence electrons. The maximum absolute atomic E-state index is 11.8. The van der Waals surface area contributed by atoms with Gasteiger partial charge < -0.3 is 9.22 Å². The van der Waals surface area contributed by atoms with E-state index in [1.807, 2.05) is 0 Å². The summed E-state index contributed by atoms with van der Waals surface area (Å²) in [4.78, 5) is 11.8. The fourth-order valence-corrected chi connectivity index (χ4v) is 2.20. The Bertz CT molecular complexity index is 260. The first kappa shape index (κ1) is 19.4. The van der Waals surface area contributed by atoms with Gasteiger partial charge in [0.15, 0.2) is 6.54 Å². The molecule has 0 bridgehead atoms. The van der Waals surface area contributed by atoms with Crippen LogP contribution in [0.4, 0.5) is 0 Å². The van der Waals surface area contributed by atoms with Crippen molar-refractivity contribution in [3.8, 4) is 0 Å². The fourth-order valence-electron chi connectivity index (χ4n) is 2.20. The molecule has 0 aliphatic rings. The van der Waals surface area contributed by atoms with E-state index in [0.717, 1.165) is 29.9 Å². The fraction of sp³-hybridized carbons (Fsp3) is 0.941. The van der Waals surface area contributed by atoms with Crippen LogP contribution in [0.3, 0.4) is 0 Å². The van der Waals surface area contributed by atoms with Crippen LogP contribution in [0.25, 0.3) is 0 Å². The Morgan fingerprint density at radius 3 is 2.15 bits per heavy atom. The van der Waals surface area contributed by atoms with Gasteiger partial charge in [-0.3, -0.25) is 0 Å². The number of ether oxygens (including phenoxy) is 1. The highest BCUT2D eigenvalue weighted by Gasteiger charge is 2.22. The Morgan fingerprint density at radius 1 is 1.05 bits per heavy atom. The first-order valence-electron chi connectivity index (χ1n) is 8.32. The number of esters is 1. The van der Waals surface area contributed by atoms with Gasteiger partial charge in [-0.15, -0.1) is 0 Å². The Balaban J connectivity index is 3.75. The lowest BCUT2D eigenvalue weighted by Crippen LogP contribution is -2.47. The van der Waals surface area contributed by atoms with Crippen LogP contribution in [0.2, 0.25) is 0 Å². The third-order valence-corrected chi connectivity index (χ3v) is 4.39. The van der Waals surface area contributed by atoms with Crippen molar-refractivity contribution in [1.29, 1.82) is 0 Å². The van der Waals surface area contributed by atoms with Crippen molar-refractivity contribution in [2.24, 2.45) is 11.8 Å². The highest BCUT2D eigenvalue weighted by Crippen LogP contribution is 2.15. The van der Waals surface area contributed by atoms with Gasteiger partial charge in [-0.2, -0.15) is 0 Å². The number of rotatable bonds is 11. The van der Waals surface area contributed by atoms with Gasteiger partial charge in [-0.05, 0) is 32.1 Å². The lowest BCUT2D eigenvalue weighted by Gasteiger charge is -2.30. The summed E-state index contributed by atoms with van der Waals surface area (Å²) in [6, 6.07) is 0. The first-order valence-corrected chi connectivity index (χ1v) is 8.32. The van der Waals surface area contributed by atoms with Crippen LogP contribution < -0.4 is 0 Å². The number of quaternary nitrogens is 1. The molecule has 0 radical (unpaired) electrons. The topological polar surface area (TPSA) is 26.3 Å². The molecule has 0 saturated heterocycles. The van der Waals surface area contributed by atoms with Crippen molar-refractivity contribution in [1.82, 2.24) is 0 Å². The van der Waals surface area contributed by atoms with E-state index in [9.17, 15) is 4.79 Å². The van der Waals surface area contributed by atoms with Gasteiger partial charge in [0, 0.05) is 0 Å². The lowest BCUT2D eigenvalue weighted by atomic mass is 9.98. The van der Waals surface area contributed by atoms with Crippen molar-refractivity contribution in [2.75, 3.05) is 33.3 Å². The van der Waals surface area contributed by atoms with E-state index in [-0.39, 0.29) is 5.97 Å². The minimum Gasteiger partial charge on any atom is -0.462 e. The number of hydrogen-bond donors (Lipinski definition) is 0. The van der Waals surface area contributed by atoms with Crippen LogP contribution in [0, 0.1) is 11.8 Å². The number of hydrogen-bond acceptors (Lipinski definition) is 2. The van der Waals surface area contributed by atoms with Gasteiger partial charge in [0.2, 0.25) is 0 Å². The molecule has 1 atom stereocenters. The minimum atomic E-state index is -0.0504. The van der Waals surface area contributed by atoms with Crippen molar-refractivity contribution in [3.63, 3.8) is 0 Å². The molecule has 3 heteroatoms. The largest absolute Gasteiger partial charge is 0.462 e. The molecular weight excluding hydrogens is 250 g/mol. The van der Waals surface area contributed by atoms with Gasteiger partial charge in [-0.1, -0.05) is 40.0 Å². The molecule has 0 aromatic heterocycles. The second-order valence-electron chi connectivity index (χ2n) is 6.85. The van der Waals surface area contributed by atoms with Crippen molar-refractivity contribution in [3.05, 3.63) is 0 Å². The van der Waals surface area contributed by atoms with Gasteiger partial charge in [-0.25, -0.2) is 4.79 Å². The Labute approximate surface area is 126 Å². The average Bonchev–Trinajstić information content (AvgIpc) is 2.38. The van der Waals surface area contributed by atoms with Gasteiger partial charge >= 0.3 is 5.97 Å². The Hall–Kier alpha value is -0.570. The molecule has 20 heavy (non-hydrogen) atoms. The van der Waals surface area contributed by atoms with Crippen LogP contribution in [0.5, 0.6) is 0 Å². The molecule has 0 heterocycles. The molecule has 0 aliphatic carbocycles. The molecule has 0 fully saturated rings. The molecule has 0 saturated carbocycles. The number of likely N-dealkylation sites (N-methyl/N-ethyl adjacent to an activating group) is 1. The maximum Gasteiger partial charge on any atom is 0.361 e. The van der Waals surface area contributed by atoms with Gasteiger partial charge in [0.25, 0.3) is 0 Å². The van der Waals surface area contributed by atoms with E-state index in [1.165, 1.54) is 19.3 Å². The summed E-state index contributed by atoms with van der Waals surface area (Å²) in [5.74, 6) is 1.39. The van der Waals surface area contributed by atoms with E-state index >= 15 is 0 Å². The number of carbonyl (C=O) groups excluding carboxylic acids is 1. The third-order valence-electron chi connectivity index (χ3n) is 4.39. The van der Waals surface area contributed by atoms with E-state index in [2.05, 4.69) is 41.7 Å². The monoisotopic (exact) mass is 286 g/mol. The molecule has 0 rings (SSSR count). The number of nitrogens with zero attached hydrogens (tertiary/aromatic N) is 1. The van der Waals surface area contributed by atoms with Gasteiger partial charge in [0.1, 0.15) is 0 Å². The summed E-state index contributed by atoms with van der Waals surface area (Å²) in [7, 11) is 2.11. The Kier molecular flexibility index (Phi) is 9.91. The first-order chi connectivity index (χ1) is 9.33. The molecule has 1 unspecified atom stereocenters. The van der Waals surface area contributed by atoms with Crippen LogP contribution in [-0.2, 0) is 9.53 Å². The molecule has 0 aliphatic heterocycles. The van der Waals surface area contributed by atoms with Crippen LogP contribution in [-0.4, -0.2) is 43.7 Å². The highest BCUT2D eigenvalue weighted by atomic mass is 16.5. The van der Waals surface area contributed by atoms with Crippen molar-refractivity contribution >= 4 is 5.97 Å². The van der Waals surface area contributed by atoms with E-state index < -0.39 is 0 Å². The van der Waals surface area contributed by atoms with Crippen LogP contribution in [0.1, 0.15) is 60.3 Å². The summed E-state index contributed by atoms with van der Waals surface area (Å²) in [6.07, 6.45) is 4.82. The molecule has 0 amide bonds. The molecule has 0 aromatic rings. The molecule has 0 N–H and O–H groups in total. The summed E-state index contributed by atoms with van der Waals surface area (Å²) in [5.41, 5.74) is 0. The predicted octanol–water partition coefficient (Wildman–Crippen LogP) is 3.87. The summed E-state index contributed by atoms with van der Waals surface area (Å²) in [5, 5.41) is 0. The molecular formula is C17H36NO2+. The van der Waals surface area contributed by atoms with Crippen LogP contribution in [0.15, 0.2) is 0 Å². The quantitative estimate of drug-likeness (QED) is 0.426. The smallest absolute Gasteiger partial charge is 0.361 e. The molecule has 0 aromatic carbocycles. The molecule has 3 nitrogen and oxygen atoms in total. The Morgan fingerprint density at radius 2 is 1.65 bits per heavy atom. The number of carbonyl (C=O) groups is 1. The average molecular weight is 286 g/mol. The lowest BCUT2D eigenvalue weighted by molar-refractivity contribution is -0.899. The SMILES string of the molecule is CC[N+](C)(CC)CC(=O)OCCC(C)CCCC(C)C. The summed E-state index contributed by atoms with van der Waals surface area (Å²) in [6.45, 7) is 14.0. The predicted molar refractivity (Wildman–Crippen MR) is 85.6 cm³/mol. The van der Waals surface area contributed by atoms with Gasteiger partial charge in [0.05, 0.1) is 26.7 Å². The zero-order valence-corrected chi connectivity index (χ0v) is 14.6. The van der Waals surface area contributed by atoms with Crippen molar-refractivity contribution in [2.45, 2.75) is 60.3 Å². The van der Waals surface area contributed by atoms with E-state index in [1.54, 1.807) is 0 Å². The normalized spacial score (nSPS) is 13.6. The van der Waals surface area contributed by atoms with Crippen molar-refractivity contribution < 1.29 is 14.0 Å². The maximum atomic E-state index is 11.8. The zero-order chi connectivity index (χ0) is 15.6. The highest BCUT2D eigenvalue weighted by molar-refractivity contribution is 5.70. The zero-order valence-electron chi connectivity index (χ0n) is 14.6. The second kappa shape index (κ2) is 10.2. The summed E-state index contributed by atoms with van der Waals surface area (Å²) >= 11 is 0. The minimum absolute atomic E-state index is 0.0504. The summed E-state index contributed by atoms with van der Waals surface area (Å²) < 4.78 is 6.15. The molecule has 0 spiro atoms. The van der Waals surface area contributed by atoms with Crippen LogP contribution >= 0.6 is 0 Å². The third kappa shape index (κ3) is 9.35. The van der Waals surface area contributed by atoms with E-state index in [0.29, 0.717) is 19.1 Å². The second-order valence-corrected chi connectivity index (χ2v) is 6.85. The standard InChI is InChI=1S/C17H36NO2/c1-7-18(6,8-2)14-17(19)20-13-12-16(5)11-9-10-15(3)4/h15-16H,7-14H2,1-6H3/q+1.